The van der Waals surface area contributed by atoms with Crippen molar-refractivity contribution in [2.24, 2.45) is 5.73 Å². The van der Waals surface area contributed by atoms with Crippen LogP contribution in [-0.4, -0.2) is 28.5 Å². The zero-order chi connectivity index (χ0) is 22.0. The van der Waals surface area contributed by atoms with Crippen molar-refractivity contribution in [1.29, 1.82) is 0 Å². The lowest BCUT2D eigenvalue weighted by Crippen LogP contribution is -2.39. The molecule has 0 aliphatic carbocycles. The molecule has 1 unspecified atom stereocenters. The Morgan fingerprint density at radius 1 is 1.13 bits per heavy atom. The Morgan fingerprint density at radius 2 is 1.94 bits per heavy atom. The minimum Gasteiger partial charge on any atom is -0.492 e. The van der Waals surface area contributed by atoms with Gasteiger partial charge in [0.05, 0.1) is 23.8 Å². The summed E-state index contributed by atoms with van der Waals surface area (Å²) in [6.07, 6.45) is 1.45. The molecule has 3 N–H and O–H groups in total. The van der Waals surface area contributed by atoms with Gasteiger partial charge in [0.15, 0.2) is 0 Å². The number of benzene rings is 2. The van der Waals surface area contributed by atoms with Crippen LogP contribution >= 0.6 is 11.6 Å². The van der Waals surface area contributed by atoms with Gasteiger partial charge in [-0.3, -0.25) is 0 Å². The molecular weight excluding hydrogens is 418 g/mol. The largest absolute Gasteiger partial charge is 0.492 e. The number of nitrogens with zero attached hydrogens (tertiary/aromatic N) is 2. The molecule has 0 saturated carbocycles. The number of hydrogen-bond donors (Lipinski definition) is 2. The van der Waals surface area contributed by atoms with Crippen molar-refractivity contribution in [2.45, 2.75) is 32.2 Å². The molecule has 0 aliphatic heterocycles. The highest BCUT2D eigenvalue weighted by molar-refractivity contribution is 6.32. The van der Waals surface area contributed by atoms with E-state index >= 15 is 0 Å². The lowest BCUT2D eigenvalue weighted by atomic mass is 9.95. The molecule has 0 amide bonds. The van der Waals surface area contributed by atoms with E-state index in [1.165, 1.54) is 0 Å². The monoisotopic (exact) mass is 441 g/mol. The molecule has 162 valence electrons. The maximum atomic E-state index is 9.65. The summed E-state index contributed by atoms with van der Waals surface area (Å²) in [4.78, 5) is 4.51. The lowest BCUT2D eigenvalue weighted by Gasteiger charge is -2.22. The Morgan fingerprint density at radius 3 is 2.65 bits per heavy atom. The first-order valence-electron chi connectivity index (χ1n) is 10.2. The number of aromatic nitrogens is 2. The predicted molar refractivity (Wildman–Crippen MR) is 119 cm³/mol. The van der Waals surface area contributed by atoms with E-state index in [-0.39, 0.29) is 6.61 Å². The third-order valence-corrected chi connectivity index (χ3v) is 5.54. The van der Waals surface area contributed by atoms with Gasteiger partial charge in [0.2, 0.25) is 5.82 Å². The smallest absolute Gasteiger partial charge is 0.258 e. The van der Waals surface area contributed by atoms with Crippen molar-refractivity contribution >= 4 is 22.6 Å². The highest BCUT2D eigenvalue weighted by Gasteiger charge is 2.28. The third-order valence-electron chi connectivity index (χ3n) is 5.24. The summed E-state index contributed by atoms with van der Waals surface area (Å²) >= 11 is 6.31. The van der Waals surface area contributed by atoms with Gasteiger partial charge in [-0.2, -0.15) is 4.98 Å². The van der Waals surface area contributed by atoms with Gasteiger partial charge < -0.3 is 24.5 Å². The van der Waals surface area contributed by atoms with Gasteiger partial charge in [-0.25, -0.2) is 0 Å². The minimum absolute atomic E-state index is 0.199. The summed E-state index contributed by atoms with van der Waals surface area (Å²) in [5, 5.41) is 15.1. The highest BCUT2D eigenvalue weighted by atomic mass is 35.5. The van der Waals surface area contributed by atoms with Crippen LogP contribution in [0.15, 0.2) is 51.4 Å². The summed E-state index contributed by atoms with van der Waals surface area (Å²) in [6.45, 7) is 4.34. The van der Waals surface area contributed by atoms with Crippen LogP contribution in [0.25, 0.3) is 33.8 Å². The molecule has 0 spiro atoms. The first-order valence-corrected chi connectivity index (χ1v) is 10.6. The van der Waals surface area contributed by atoms with Gasteiger partial charge in [-0.15, -0.1) is 0 Å². The van der Waals surface area contributed by atoms with Crippen molar-refractivity contribution in [3.63, 3.8) is 0 Å². The van der Waals surface area contributed by atoms with Crippen LogP contribution in [0.5, 0.6) is 5.75 Å². The Hall–Kier alpha value is -2.87. The molecule has 0 bridgehead atoms. The third kappa shape index (κ3) is 4.17. The second-order valence-electron chi connectivity index (χ2n) is 7.45. The van der Waals surface area contributed by atoms with E-state index in [1.54, 1.807) is 12.1 Å². The molecule has 31 heavy (non-hydrogen) atoms. The number of rotatable bonds is 8. The molecule has 7 nitrogen and oxygen atoms in total. The normalized spacial score (nSPS) is 13.5. The van der Waals surface area contributed by atoms with Crippen molar-refractivity contribution < 1.29 is 18.8 Å². The minimum atomic E-state index is -0.912. The molecule has 4 aromatic rings. The van der Waals surface area contributed by atoms with Crippen LogP contribution in [0.3, 0.4) is 0 Å². The zero-order valence-electron chi connectivity index (χ0n) is 17.4. The fraction of sp³-hybridized carbons (Fsp3) is 0.304. The van der Waals surface area contributed by atoms with E-state index in [0.717, 1.165) is 17.4 Å². The molecule has 2 aromatic heterocycles. The van der Waals surface area contributed by atoms with Gasteiger partial charge in [0.1, 0.15) is 17.1 Å². The van der Waals surface area contributed by atoms with E-state index < -0.39 is 5.54 Å². The number of furan rings is 1. The van der Waals surface area contributed by atoms with E-state index in [9.17, 15) is 5.11 Å². The van der Waals surface area contributed by atoms with E-state index in [4.69, 9.17) is 31.0 Å². The number of nitrogens with two attached hydrogens (primary N) is 1. The number of aliphatic hydroxyl groups excluding tert-OH is 1. The highest BCUT2D eigenvalue weighted by Crippen LogP contribution is 2.33. The predicted octanol–water partition coefficient (Wildman–Crippen LogP) is 5.15. The Labute approximate surface area is 184 Å². The Balaban J connectivity index is 1.62. The molecule has 0 aliphatic rings. The quantitative estimate of drug-likeness (QED) is 0.389. The number of fused-ring (bicyclic) bond motifs is 1. The van der Waals surface area contributed by atoms with Crippen LogP contribution < -0.4 is 10.5 Å². The molecule has 2 heterocycles. The van der Waals surface area contributed by atoms with Gasteiger partial charge in [-0.05, 0) is 55.3 Å². The van der Waals surface area contributed by atoms with Crippen LogP contribution in [0.1, 0.15) is 32.4 Å². The summed E-state index contributed by atoms with van der Waals surface area (Å²) < 4.78 is 16.9. The molecule has 0 saturated heterocycles. The number of halogens is 1. The van der Waals surface area contributed by atoms with E-state index in [1.807, 2.05) is 44.2 Å². The van der Waals surface area contributed by atoms with E-state index in [2.05, 4.69) is 10.1 Å². The molecule has 2 aromatic carbocycles. The molecular formula is C23H24ClN3O4. The van der Waals surface area contributed by atoms with Crippen LogP contribution in [-0.2, 0) is 5.54 Å². The first-order chi connectivity index (χ1) is 15.0. The summed E-state index contributed by atoms with van der Waals surface area (Å²) in [5.74, 6) is 1.97. The topological polar surface area (TPSA) is 108 Å². The second-order valence-corrected chi connectivity index (χ2v) is 7.86. The molecule has 0 fully saturated rings. The van der Waals surface area contributed by atoms with Crippen LogP contribution in [0.4, 0.5) is 0 Å². The fourth-order valence-corrected chi connectivity index (χ4v) is 3.45. The van der Waals surface area contributed by atoms with Gasteiger partial charge >= 0.3 is 0 Å². The SMILES string of the molecule is CCCOc1ccc(-c2nc(-c3ccc4oc(C(N)(CC)CO)cc4c3)no2)cc1Cl. The first kappa shape index (κ1) is 21.4. The van der Waals surface area contributed by atoms with Crippen molar-refractivity contribution in [3.05, 3.63) is 53.2 Å². The Kier molecular flexibility index (Phi) is 6.00. The standard InChI is InChI=1S/C23H24ClN3O4/c1-3-9-29-19-8-6-15(11-17(19)24)22-26-21(27-31-22)14-5-7-18-16(10-14)12-20(30-18)23(25,4-2)13-28/h5-8,10-12,28H,3-4,9,13,25H2,1-2H3. The van der Waals surface area contributed by atoms with Gasteiger partial charge in [-0.1, -0.05) is 30.6 Å². The van der Waals surface area contributed by atoms with Crippen LogP contribution in [0.2, 0.25) is 5.02 Å². The molecule has 8 heteroatoms. The maximum Gasteiger partial charge on any atom is 0.258 e. The average Bonchev–Trinajstić information content (AvgIpc) is 3.45. The number of aliphatic hydroxyl groups is 1. The number of ether oxygens (including phenoxy) is 1. The zero-order valence-corrected chi connectivity index (χ0v) is 18.1. The van der Waals surface area contributed by atoms with Crippen molar-refractivity contribution in [3.8, 4) is 28.6 Å². The summed E-state index contributed by atoms with van der Waals surface area (Å²) in [7, 11) is 0. The maximum absolute atomic E-state index is 9.65. The summed E-state index contributed by atoms with van der Waals surface area (Å²) in [5.41, 5.74) is 7.48. The summed E-state index contributed by atoms with van der Waals surface area (Å²) in [6, 6.07) is 12.8. The molecule has 4 rings (SSSR count). The van der Waals surface area contributed by atoms with Crippen LogP contribution in [0, 0.1) is 0 Å². The second kappa shape index (κ2) is 8.70. The van der Waals surface area contributed by atoms with E-state index in [0.29, 0.717) is 52.4 Å². The van der Waals surface area contributed by atoms with Gasteiger partial charge in [0.25, 0.3) is 5.89 Å². The van der Waals surface area contributed by atoms with Crippen molar-refractivity contribution in [2.75, 3.05) is 13.2 Å². The average molecular weight is 442 g/mol. The van der Waals surface area contributed by atoms with Crippen molar-refractivity contribution in [1.82, 2.24) is 10.1 Å². The number of hydrogen-bond acceptors (Lipinski definition) is 7. The fourth-order valence-electron chi connectivity index (χ4n) is 3.21. The van der Waals surface area contributed by atoms with Gasteiger partial charge in [0, 0.05) is 16.5 Å². The Bertz CT molecular complexity index is 1200. The molecule has 0 radical (unpaired) electrons. The lowest BCUT2D eigenvalue weighted by molar-refractivity contribution is 0.172. The molecule has 1 atom stereocenters.